The van der Waals surface area contributed by atoms with E-state index < -0.39 is 298 Å². The highest BCUT2D eigenvalue weighted by Crippen LogP contribution is 2.44. The SMILES string of the molecule is COC(=O)OC1C2OC(CO)C(OC3OC(CO)C(OC4OC(CO)C(OC5OC(CO)C(OC6OC(CO)C(OC7OC(CO)C(O2)C(OC(=O)OC)C7OC(=O)OC)C(OC(=O)OC)C6OC(=O)OC)C(OC(=O)OC)C5OC(=O)OC)C(OC(=O)OC)C4OC(=O)OC)C(OC(=O)OC)C3OC(=O)OC)C1OC(=O)OC. The van der Waals surface area contributed by atoms with Gasteiger partial charge in [-0.25, -0.2) is 57.5 Å². The van der Waals surface area contributed by atoms with Crippen molar-refractivity contribution in [1.82, 2.24) is 0 Å². The van der Waals surface area contributed by atoms with Crippen LogP contribution in [0.2, 0.25) is 0 Å². The lowest BCUT2D eigenvalue weighted by atomic mass is 9.94. The second-order valence-corrected chi connectivity index (χ2v) is 23.4. The molecule has 0 aromatic carbocycles. The van der Waals surface area contributed by atoms with Gasteiger partial charge in [0.1, 0.15) is 73.2 Å². The zero-order valence-corrected chi connectivity index (χ0v) is 61.8. The maximum absolute atomic E-state index is 13.6. The molecule has 0 spiro atoms. The molecule has 22 fully saturated rings. The lowest BCUT2D eigenvalue weighted by Gasteiger charge is -2.52. The molecule has 30 atom stereocenters. The lowest BCUT2D eigenvalue weighted by molar-refractivity contribution is -0.403. The highest BCUT2D eigenvalue weighted by molar-refractivity contribution is 5.65. The molecule has 22 aliphatic heterocycles. The van der Waals surface area contributed by atoms with Crippen molar-refractivity contribution in [2.24, 2.45) is 0 Å². The van der Waals surface area contributed by atoms with Crippen LogP contribution in [-0.2, 0) is 171 Å². The van der Waals surface area contributed by atoms with Crippen LogP contribution in [0.1, 0.15) is 0 Å². The van der Waals surface area contributed by atoms with Gasteiger partial charge in [-0.05, 0) is 0 Å². The van der Waals surface area contributed by atoms with Crippen molar-refractivity contribution in [3.8, 4) is 0 Å². The first kappa shape index (κ1) is 91.7. The molecule has 22 saturated heterocycles. The quantitative estimate of drug-likeness (QED) is 0.0571. The van der Waals surface area contributed by atoms with Gasteiger partial charge in [0.15, 0.2) is 111 Å². The van der Waals surface area contributed by atoms with E-state index >= 15 is 0 Å². The van der Waals surface area contributed by atoms with Gasteiger partial charge in [-0.2, -0.15) is 0 Å². The van der Waals surface area contributed by atoms with Gasteiger partial charge in [-0.1, -0.05) is 0 Å². The molecule has 30 unspecified atom stereocenters. The summed E-state index contributed by atoms with van der Waals surface area (Å²) in [6.45, 7) is -8.42. The summed E-state index contributed by atoms with van der Waals surface area (Å²) >= 11 is 0. The summed E-state index contributed by atoms with van der Waals surface area (Å²) < 4.78 is 200. The summed E-state index contributed by atoms with van der Waals surface area (Å²) in [5.41, 5.74) is 0. The number of carbonyl (C=O) groups excluding carboxylic acids is 12. The normalized spacial score (nSPS) is 35.8. The van der Waals surface area contributed by atoms with Gasteiger partial charge in [0.05, 0.1) is 125 Å². The summed E-state index contributed by atoms with van der Waals surface area (Å²) in [6, 6.07) is 0. The van der Waals surface area contributed by atoms with Crippen LogP contribution >= 0.6 is 0 Å². The third kappa shape index (κ3) is 22.1. The highest BCUT2D eigenvalue weighted by Gasteiger charge is 2.65. The number of ether oxygens (including phenoxy) is 36. The zero-order chi connectivity index (χ0) is 83.9. The molecule has 0 saturated carbocycles. The van der Waals surface area contributed by atoms with Gasteiger partial charge in [0.25, 0.3) is 0 Å². The maximum Gasteiger partial charge on any atom is 0.508 e. The molecular weight excluding hydrogens is 1580 g/mol. The van der Waals surface area contributed by atoms with E-state index in [0.717, 1.165) is 85.3 Å². The maximum atomic E-state index is 13.6. The Morgan fingerprint density at radius 1 is 0.175 bits per heavy atom. The first-order valence-electron chi connectivity index (χ1n) is 33.1. The van der Waals surface area contributed by atoms with Gasteiger partial charge in [-0.3, -0.25) is 0 Å². The number of rotatable bonds is 18. The average molecular weight is 1670 g/mol. The second-order valence-electron chi connectivity index (χ2n) is 23.4. The molecule has 54 nitrogen and oxygen atoms in total. The number of hydrogen-bond donors (Lipinski definition) is 6. The van der Waals surface area contributed by atoms with Crippen LogP contribution in [0.25, 0.3) is 0 Å². The fourth-order valence-electron chi connectivity index (χ4n) is 12.2. The van der Waals surface area contributed by atoms with Crippen LogP contribution in [0.5, 0.6) is 0 Å². The second kappa shape index (κ2) is 43.3. The van der Waals surface area contributed by atoms with E-state index in [0.29, 0.717) is 0 Å². The van der Waals surface area contributed by atoms with Crippen molar-refractivity contribution in [2.75, 3.05) is 125 Å². The van der Waals surface area contributed by atoms with Gasteiger partial charge in [0, 0.05) is 0 Å². The van der Waals surface area contributed by atoms with Crippen LogP contribution in [-0.4, -0.2) is 414 Å². The van der Waals surface area contributed by atoms with E-state index in [-0.39, 0.29) is 0 Å². The third-order valence-corrected chi connectivity index (χ3v) is 17.2. The summed E-state index contributed by atoms with van der Waals surface area (Å²) in [5, 5.41) is 68.4. The first-order valence-corrected chi connectivity index (χ1v) is 33.1. The molecule has 0 aromatic heterocycles. The molecule has 6 N–H and O–H groups in total. The van der Waals surface area contributed by atoms with E-state index in [2.05, 4.69) is 0 Å². The van der Waals surface area contributed by atoms with Crippen molar-refractivity contribution >= 4 is 73.9 Å². The van der Waals surface area contributed by atoms with Crippen molar-refractivity contribution in [2.45, 2.75) is 184 Å². The van der Waals surface area contributed by atoms with Crippen LogP contribution in [0.3, 0.4) is 0 Å². The van der Waals surface area contributed by atoms with Crippen LogP contribution < -0.4 is 0 Å². The minimum Gasteiger partial charge on any atom is -0.438 e. The Morgan fingerprint density at radius 3 is 0.360 bits per heavy atom. The fraction of sp³-hybridized carbons (Fsp3) is 0.800. The predicted octanol–water partition coefficient (Wildman–Crippen LogP) is -3.57. The smallest absolute Gasteiger partial charge is 0.438 e. The molecule has 22 rings (SSSR count). The Kier molecular flexibility index (Phi) is 34.8. The average Bonchev–Trinajstić information content (AvgIpc) is 0.754. The van der Waals surface area contributed by atoms with Crippen molar-refractivity contribution in [1.29, 1.82) is 0 Å². The van der Waals surface area contributed by atoms with Gasteiger partial charge in [-0.15, -0.1) is 0 Å². The third-order valence-electron chi connectivity index (χ3n) is 17.2. The van der Waals surface area contributed by atoms with E-state index in [4.69, 9.17) is 171 Å². The van der Waals surface area contributed by atoms with Gasteiger partial charge >= 0.3 is 73.9 Å². The fourth-order valence-corrected chi connectivity index (χ4v) is 12.2. The molecular formula is C60H84O54. The molecule has 648 valence electrons. The largest absolute Gasteiger partial charge is 0.508 e. The van der Waals surface area contributed by atoms with Gasteiger partial charge in [0.2, 0.25) is 0 Å². The molecule has 22 heterocycles. The van der Waals surface area contributed by atoms with E-state index in [1.54, 1.807) is 0 Å². The molecule has 12 bridgehead atoms. The molecule has 0 radical (unpaired) electrons. The summed E-state index contributed by atoms with van der Waals surface area (Å²) in [6.07, 6.45) is -93.7. The Bertz CT molecular complexity index is 2670. The zero-order valence-electron chi connectivity index (χ0n) is 61.8. The molecule has 22 aliphatic rings. The van der Waals surface area contributed by atoms with Crippen LogP contribution in [0.4, 0.5) is 57.5 Å². The number of hydrogen-bond acceptors (Lipinski definition) is 54. The molecule has 114 heavy (non-hydrogen) atoms. The molecule has 54 heteroatoms. The lowest BCUT2D eigenvalue weighted by Crippen LogP contribution is -2.71. The van der Waals surface area contributed by atoms with Crippen molar-refractivity contribution in [3.63, 3.8) is 0 Å². The van der Waals surface area contributed by atoms with Crippen molar-refractivity contribution < 1.29 is 259 Å². The molecule has 0 aromatic rings. The topological polar surface area (TPSA) is 659 Å². The summed E-state index contributed by atoms with van der Waals surface area (Å²) in [5.74, 6) is 0. The predicted molar refractivity (Wildman–Crippen MR) is 331 cm³/mol. The monoisotopic (exact) mass is 1670 g/mol. The van der Waals surface area contributed by atoms with E-state index in [9.17, 15) is 88.2 Å². The Balaban J connectivity index is 1.58. The number of methoxy groups -OCH3 is 12. The van der Waals surface area contributed by atoms with E-state index in [1.165, 1.54) is 0 Å². The number of carbonyl (C=O) groups is 12. The van der Waals surface area contributed by atoms with Crippen LogP contribution in [0.15, 0.2) is 0 Å². The number of aliphatic hydroxyl groups is 6. The Morgan fingerprint density at radius 2 is 0.272 bits per heavy atom. The molecule has 0 aliphatic carbocycles. The molecule has 0 amide bonds. The van der Waals surface area contributed by atoms with Crippen molar-refractivity contribution in [3.05, 3.63) is 0 Å². The minimum atomic E-state index is -2.55. The standard InChI is InChI=1S/C60H84O54/c1-79-49(67)103-31-25-19(13-61)91-43(37(31)109-55(73)85-7)98-26-20(14-62)93-45(39(111-57(75)87-9)32(26)104-50(68)80-2)100-28-22(16-64)95-47(41(113-59(77)89-11)34(28)106-52(70)82-4)102-30-24(18-66)96-48(42(114-60(78)90-12)36(30)108-54(72)84-6)101-29-23(17-65)94-46(40(112-58(76)88-10)35(29)107-53(71)83-5)99-27-21(15-63)92-44(97-25)38(110-56(74)86-8)33(27)105-51(69)81-3/h19-48,61-66H,13-18H2,1-12H3. The number of aliphatic hydroxyl groups excluding tert-OH is 6. The summed E-state index contributed by atoms with van der Waals surface area (Å²) in [7, 11) is 8.96. The first-order chi connectivity index (χ1) is 54.6. The Hall–Kier alpha value is -9.48. The highest BCUT2D eigenvalue weighted by atomic mass is 16.9. The minimum absolute atomic E-state index is 0.745. The van der Waals surface area contributed by atoms with Gasteiger partial charge < -0.3 is 201 Å². The van der Waals surface area contributed by atoms with E-state index in [1.807, 2.05) is 0 Å². The summed E-state index contributed by atoms with van der Waals surface area (Å²) in [4.78, 5) is 163. The van der Waals surface area contributed by atoms with Crippen LogP contribution in [0, 0.1) is 0 Å². The Labute approximate surface area is 640 Å².